The second kappa shape index (κ2) is 9.33. The van der Waals surface area contributed by atoms with Gasteiger partial charge in [0.05, 0.1) is 21.8 Å². The van der Waals surface area contributed by atoms with E-state index in [0.717, 1.165) is 22.1 Å². The van der Waals surface area contributed by atoms with Gasteiger partial charge in [0.2, 0.25) is 5.56 Å². The fourth-order valence-corrected chi connectivity index (χ4v) is 4.61. The molecule has 3 aromatic heterocycles. The molecule has 6 rings (SSSR count). The number of para-hydroxylation sites is 1. The van der Waals surface area contributed by atoms with Gasteiger partial charge >= 0.3 is 5.97 Å². The number of fused-ring (bicyclic) bond motifs is 2. The zero-order valence-corrected chi connectivity index (χ0v) is 20.1. The molecule has 6 aromatic rings. The Kier molecular flexibility index (Phi) is 5.71. The predicted octanol–water partition coefficient (Wildman–Crippen LogP) is 6.68. The average Bonchev–Trinajstić information content (AvgIpc) is 2.93. The molecular weight excluding hydrogens is 486 g/mol. The predicted molar refractivity (Wildman–Crippen MR) is 145 cm³/mol. The van der Waals surface area contributed by atoms with Gasteiger partial charge in [0.25, 0.3) is 0 Å². The number of benzene rings is 3. The highest BCUT2D eigenvalue weighted by Crippen LogP contribution is 2.37. The molecule has 178 valence electrons. The van der Waals surface area contributed by atoms with Crippen LogP contribution in [0.5, 0.6) is 5.75 Å². The number of aromatic nitrogens is 3. The van der Waals surface area contributed by atoms with Crippen LogP contribution in [0.3, 0.4) is 0 Å². The Morgan fingerprint density at radius 3 is 2.38 bits per heavy atom. The molecule has 0 radical (unpaired) electrons. The van der Waals surface area contributed by atoms with Crippen molar-refractivity contribution in [2.75, 3.05) is 0 Å². The highest BCUT2D eigenvalue weighted by Gasteiger charge is 2.20. The van der Waals surface area contributed by atoms with Crippen LogP contribution in [-0.2, 0) is 0 Å². The highest BCUT2D eigenvalue weighted by atomic mass is 35.5. The number of esters is 1. The van der Waals surface area contributed by atoms with E-state index in [1.807, 2.05) is 66.7 Å². The van der Waals surface area contributed by atoms with Gasteiger partial charge in [0.1, 0.15) is 11.4 Å². The number of aromatic amines is 1. The Morgan fingerprint density at radius 1 is 0.838 bits per heavy atom. The van der Waals surface area contributed by atoms with Gasteiger partial charge in [-0.2, -0.15) is 0 Å². The van der Waals surface area contributed by atoms with Crippen LogP contribution in [0.25, 0.3) is 44.3 Å². The molecule has 37 heavy (non-hydrogen) atoms. The van der Waals surface area contributed by atoms with Crippen molar-refractivity contribution in [2.24, 2.45) is 0 Å². The molecule has 0 amide bonds. The van der Waals surface area contributed by atoms with E-state index in [-0.39, 0.29) is 11.2 Å². The van der Waals surface area contributed by atoms with Crippen molar-refractivity contribution in [2.45, 2.75) is 0 Å². The summed E-state index contributed by atoms with van der Waals surface area (Å²) >= 11 is 6.62. The third-order valence-corrected chi connectivity index (χ3v) is 6.31. The average molecular weight is 504 g/mol. The van der Waals surface area contributed by atoms with Crippen molar-refractivity contribution in [3.63, 3.8) is 0 Å². The smallest absolute Gasteiger partial charge is 0.344 e. The number of carbonyl (C=O) groups is 1. The Hall–Kier alpha value is -4.81. The van der Waals surface area contributed by atoms with Crippen LogP contribution in [0.1, 0.15) is 10.4 Å². The van der Waals surface area contributed by atoms with E-state index in [1.165, 1.54) is 6.07 Å². The maximum absolute atomic E-state index is 13.2. The number of halogens is 1. The molecular formula is C30H18ClN3O3. The van der Waals surface area contributed by atoms with Crippen LogP contribution >= 0.6 is 11.6 Å². The Balaban J connectivity index is 1.61. The lowest BCUT2D eigenvalue weighted by atomic mass is 9.96. The number of nitrogens with one attached hydrogen (secondary N) is 1. The van der Waals surface area contributed by atoms with Gasteiger partial charge in [-0.1, -0.05) is 66.2 Å². The SMILES string of the molecule is O=C(Oc1ccccc1)c1cc(=O)[nH]c2nc(-c3ccccc3)c(-c3cc(Cl)c4ncccc4c3)cc12. The minimum atomic E-state index is -0.650. The molecule has 0 spiro atoms. The first kappa shape index (κ1) is 22.6. The molecule has 3 aromatic carbocycles. The monoisotopic (exact) mass is 503 g/mol. The van der Waals surface area contributed by atoms with E-state index in [1.54, 1.807) is 30.5 Å². The lowest BCUT2D eigenvalue weighted by Gasteiger charge is -2.14. The Bertz CT molecular complexity index is 1850. The fourth-order valence-electron chi connectivity index (χ4n) is 4.33. The summed E-state index contributed by atoms with van der Waals surface area (Å²) in [6, 6.07) is 29.0. The molecule has 0 aliphatic heterocycles. The molecule has 6 nitrogen and oxygen atoms in total. The fraction of sp³-hybridized carbons (Fsp3) is 0. The van der Waals surface area contributed by atoms with Gasteiger partial charge in [-0.15, -0.1) is 0 Å². The van der Waals surface area contributed by atoms with Gasteiger partial charge in [0, 0.05) is 34.2 Å². The molecule has 0 aliphatic rings. The number of ether oxygens (including phenoxy) is 1. The van der Waals surface area contributed by atoms with Gasteiger partial charge in [-0.05, 0) is 42.0 Å². The number of pyridine rings is 3. The maximum Gasteiger partial charge on any atom is 0.344 e. The molecule has 0 aliphatic carbocycles. The first-order valence-electron chi connectivity index (χ1n) is 11.5. The van der Waals surface area contributed by atoms with Crippen LogP contribution < -0.4 is 10.3 Å². The van der Waals surface area contributed by atoms with E-state index in [4.69, 9.17) is 21.3 Å². The van der Waals surface area contributed by atoms with E-state index < -0.39 is 11.5 Å². The summed E-state index contributed by atoms with van der Waals surface area (Å²) in [6.07, 6.45) is 1.70. The molecule has 0 bridgehead atoms. The summed E-state index contributed by atoms with van der Waals surface area (Å²) in [6.45, 7) is 0. The van der Waals surface area contributed by atoms with E-state index in [0.29, 0.717) is 27.4 Å². The molecule has 0 saturated carbocycles. The third-order valence-electron chi connectivity index (χ3n) is 6.02. The summed E-state index contributed by atoms with van der Waals surface area (Å²) in [4.78, 5) is 37.7. The number of H-pyrrole nitrogens is 1. The normalized spacial score (nSPS) is 11.1. The second-order valence-corrected chi connectivity index (χ2v) is 8.84. The maximum atomic E-state index is 13.2. The minimum absolute atomic E-state index is 0.115. The van der Waals surface area contributed by atoms with E-state index in [2.05, 4.69) is 9.97 Å². The van der Waals surface area contributed by atoms with Crippen molar-refractivity contribution in [1.82, 2.24) is 15.0 Å². The van der Waals surface area contributed by atoms with Crippen molar-refractivity contribution in [1.29, 1.82) is 0 Å². The van der Waals surface area contributed by atoms with Gasteiger partial charge in [-0.25, -0.2) is 9.78 Å². The molecule has 1 N–H and O–H groups in total. The van der Waals surface area contributed by atoms with Crippen LogP contribution in [0, 0.1) is 0 Å². The number of hydrogen-bond donors (Lipinski definition) is 1. The number of rotatable bonds is 4. The number of nitrogens with zero attached hydrogens (tertiary/aromatic N) is 2. The standard InChI is InChI=1S/C30H18ClN3O3/c31-25-15-20(14-19-10-7-13-32-28(19)25)22-16-23-24(30(36)37-21-11-5-2-6-12-21)17-26(35)33-29(23)34-27(22)18-8-3-1-4-9-18/h1-17H,(H,33,34,35). The lowest BCUT2D eigenvalue weighted by molar-refractivity contribution is 0.0736. The number of hydrogen-bond acceptors (Lipinski definition) is 5. The zero-order chi connectivity index (χ0) is 25.4. The molecule has 3 heterocycles. The first-order valence-corrected chi connectivity index (χ1v) is 11.9. The van der Waals surface area contributed by atoms with Gasteiger partial charge in [-0.3, -0.25) is 9.78 Å². The van der Waals surface area contributed by atoms with E-state index in [9.17, 15) is 9.59 Å². The molecule has 0 unspecified atom stereocenters. The van der Waals surface area contributed by atoms with Crippen molar-refractivity contribution >= 4 is 39.5 Å². The molecule has 0 saturated heterocycles. The summed E-state index contributed by atoms with van der Waals surface area (Å²) in [5.41, 5.74) is 3.66. The van der Waals surface area contributed by atoms with Gasteiger partial charge in [0.15, 0.2) is 0 Å². The summed E-state index contributed by atoms with van der Waals surface area (Å²) in [5.74, 6) is -0.271. The topological polar surface area (TPSA) is 84.9 Å². The highest BCUT2D eigenvalue weighted by molar-refractivity contribution is 6.35. The van der Waals surface area contributed by atoms with Crippen molar-refractivity contribution < 1.29 is 9.53 Å². The first-order chi connectivity index (χ1) is 18.1. The van der Waals surface area contributed by atoms with Crippen LogP contribution in [-0.4, -0.2) is 20.9 Å². The van der Waals surface area contributed by atoms with Crippen LogP contribution in [0.2, 0.25) is 5.02 Å². The van der Waals surface area contributed by atoms with E-state index >= 15 is 0 Å². The van der Waals surface area contributed by atoms with Gasteiger partial charge < -0.3 is 9.72 Å². The largest absolute Gasteiger partial charge is 0.423 e. The summed E-state index contributed by atoms with van der Waals surface area (Å²) in [5, 5.41) is 1.82. The van der Waals surface area contributed by atoms with Crippen molar-refractivity contribution in [3.05, 3.63) is 124 Å². The zero-order valence-electron chi connectivity index (χ0n) is 19.3. The lowest BCUT2D eigenvalue weighted by Crippen LogP contribution is -2.15. The Labute approximate surface area is 216 Å². The van der Waals surface area contributed by atoms with Crippen LogP contribution in [0.4, 0.5) is 0 Å². The summed E-state index contributed by atoms with van der Waals surface area (Å²) in [7, 11) is 0. The summed E-state index contributed by atoms with van der Waals surface area (Å²) < 4.78 is 5.55. The number of carbonyl (C=O) groups excluding carboxylic acids is 1. The minimum Gasteiger partial charge on any atom is -0.423 e. The quantitative estimate of drug-likeness (QED) is 0.214. The molecule has 7 heteroatoms. The molecule has 0 fully saturated rings. The third kappa shape index (κ3) is 4.35. The molecule has 0 atom stereocenters. The van der Waals surface area contributed by atoms with Crippen molar-refractivity contribution in [3.8, 4) is 28.1 Å². The Morgan fingerprint density at radius 2 is 1.59 bits per heavy atom. The second-order valence-electron chi connectivity index (χ2n) is 8.43. The van der Waals surface area contributed by atoms with Crippen LogP contribution in [0.15, 0.2) is 108 Å².